The van der Waals surface area contributed by atoms with Crippen molar-refractivity contribution in [3.8, 4) is 0 Å². The minimum atomic E-state index is 0.423. The van der Waals surface area contributed by atoms with E-state index in [0.717, 1.165) is 78.2 Å². The van der Waals surface area contributed by atoms with Gasteiger partial charge in [0.25, 0.3) is 0 Å². The Hall–Kier alpha value is -1.02. The summed E-state index contributed by atoms with van der Waals surface area (Å²) in [7, 11) is 0. The van der Waals surface area contributed by atoms with Crippen LogP contribution in [0.25, 0.3) is 0 Å². The van der Waals surface area contributed by atoms with Crippen LogP contribution in [0.5, 0.6) is 0 Å². The van der Waals surface area contributed by atoms with Crippen molar-refractivity contribution in [2.24, 2.45) is 0 Å². The van der Waals surface area contributed by atoms with Crippen molar-refractivity contribution in [3.63, 3.8) is 0 Å². The van der Waals surface area contributed by atoms with E-state index in [1.165, 1.54) is 16.7 Å². The topological polar surface area (TPSA) is 75.2 Å². The van der Waals surface area contributed by atoms with Crippen molar-refractivity contribution in [2.75, 3.05) is 39.6 Å². The highest BCUT2D eigenvalue weighted by molar-refractivity contribution is 5.37. The smallest absolute Gasteiger partial charge is 0.0815 e. The molecule has 6 saturated heterocycles. The first-order valence-corrected chi connectivity index (χ1v) is 13.1. The van der Waals surface area contributed by atoms with Gasteiger partial charge in [-0.05, 0) is 73.0 Å². The molecule has 0 radical (unpaired) electrons. The Balaban J connectivity index is 1.22. The zero-order valence-corrected chi connectivity index (χ0v) is 19.4. The third kappa shape index (κ3) is 6.16. The van der Waals surface area contributed by atoms with Gasteiger partial charge in [0, 0.05) is 0 Å². The van der Waals surface area contributed by atoms with Gasteiger partial charge < -0.3 is 28.4 Å². The van der Waals surface area contributed by atoms with Gasteiger partial charge in [-0.1, -0.05) is 18.2 Å². The average Bonchev–Trinajstić information content (AvgIpc) is 3.62. The largest absolute Gasteiger partial charge is 0.373 e. The quantitative estimate of drug-likeness (QED) is 0.375. The summed E-state index contributed by atoms with van der Waals surface area (Å²) >= 11 is 0. The first-order valence-electron chi connectivity index (χ1n) is 13.1. The van der Waals surface area contributed by atoms with Crippen LogP contribution < -0.4 is 0 Å². The highest BCUT2D eigenvalue weighted by Gasteiger charge is 2.37. The van der Waals surface area contributed by atoms with Crippen molar-refractivity contribution >= 4 is 0 Å². The van der Waals surface area contributed by atoms with Crippen LogP contribution in [0.15, 0.2) is 18.2 Å². The van der Waals surface area contributed by atoms with Gasteiger partial charge in [0.2, 0.25) is 0 Å². The second-order valence-electron chi connectivity index (χ2n) is 11.2. The van der Waals surface area contributed by atoms with E-state index in [-0.39, 0.29) is 0 Å². The van der Waals surface area contributed by atoms with Crippen molar-refractivity contribution < 1.29 is 28.4 Å². The van der Waals surface area contributed by atoms with E-state index in [1.807, 2.05) is 0 Å². The van der Waals surface area contributed by atoms with E-state index >= 15 is 0 Å². The second kappa shape index (κ2) is 8.89. The summed E-state index contributed by atoms with van der Waals surface area (Å²) in [6.07, 6.45) is 9.16. The molecule has 0 N–H and O–H groups in total. The van der Waals surface area contributed by atoms with Gasteiger partial charge in [0.1, 0.15) is 0 Å². The second-order valence-corrected chi connectivity index (χ2v) is 11.2. The molecule has 6 atom stereocenters. The highest BCUT2D eigenvalue weighted by Crippen LogP contribution is 2.42. The average molecular weight is 457 g/mol. The van der Waals surface area contributed by atoms with Gasteiger partial charge in [0.15, 0.2) is 0 Å². The monoisotopic (exact) mass is 456 g/mol. The summed E-state index contributed by atoms with van der Waals surface area (Å²) in [5, 5.41) is 0. The number of hydrogen-bond acceptors (Lipinski definition) is 6. The molecule has 1 aromatic carbocycles. The van der Waals surface area contributed by atoms with Gasteiger partial charge in [-0.15, -0.1) is 0 Å². The standard InChI is InChI=1S/C27H36O6/c1-16(19(4-22-10-28-22)5-23-11-29-23)2-18(21(8-26-14-32-26)9-27-15-33-27)3-17(1)20(6-24-12-30-24)7-25-13-31-25/h1-3,19-27H,4-15H2. The first kappa shape index (κ1) is 21.3. The van der Waals surface area contributed by atoms with Crippen molar-refractivity contribution in [1.29, 1.82) is 0 Å². The maximum absolute atomic E-state index is 5.65. The number of benzene rings is 1. The molecule has 1 aromatic rings. The molecular weight excluding hydrogens is 420 g/mol. The normalized spacial score (nSPS) is 37.8. The molecule has 6 unspecified atom stereocenters. The zero-order chi connectivity index (χ0) is 21.8. The lowest BCUT2D eigenvalue weighted by molar-refractivity contribution is 0.340. The van der Waals surface area contributed by atoms with E-state index in [4.69, 9.17) is 28.4 Å². The van der Waals surface area contributed by atoms with E-state index in [1.54, 1.807) is 0 Å². The summed E-state index contributed by atoms with van der Waals surface area (Å²) in [6, 6.07) is 7.52. The lowest BCUT2D eigenvalue weighted by atomic mass is 9.80. The fourth-order valence-corrected chi connectivity index (χ4v) is 5.64. The van der Waals surface area contributed by atoms with Crippen LogP contribution >= 0.6 is 0 Å². The number of ether oxygens (including phenoxy) is 6. The van der Waals surface area contributed by atoms with Crippen LogP contribution in [-0.2, 0) is 28.4 Å². The Labute approximate surface area is 196 Å². The number of rotatable bonds is 15. The maximum atomic E-state index is 5.65. The van der Waals surface area contributed by atoms with Crippen LogP contribution in [0, 0.1) is 0 Å². The summed E-state index contributed by atoms with van der Waals surface area (Å²) < 4.78 is 33.9. The zero-order valence-electron chi connectivity index (χ0n) is 19.4. The van der Waals surface area contributed by atoms with Gasteiger partial charge in [0.05, 0.1) is 76.3 Å². The molecule has 0 saturated carbocycles. The molecular formula is C27H36O6. The van der Waals surface area contributed by atoms with Crippen LogP contribution in [0.4, 0.5) is 0 Å². The molecule has 0 spiro atoms. The third-order valence-corrected chi connectivity index (χ3v) is 8.11. The predicted molar refractivity (Wildman–Crippen MR) is 121 cm³/mol. The summed E-state index contributed by atoms with van der Waals surface area (Å²) in [5.41, 5.74) is 4.43. The summed E-state index contributed by atoms with van der Waals surface area (Å²) in [4.78, 5) is 0. The summed E-state index contributed by atoms with van der Waals surface area (Å²) in [6.45, 7) is 5.48. The Morgan fingerprint density at radius 3 is 0.758 bits per heavy atom. The molecule has 0 aromatic heterocycles. The Morgan fingerprint density at radius 2 is 0.606 bits per heavy atom. The van der Waals surface area contributed by atoms with E-state index in [2.05, 4.69) is 18.2 Å². The predicted octanol–water partition coefficient (Wildman–Crippen LogP) is 3.67. The van der Waals surface area contributed by atoms with E-state index in [9.17, 15) is 0 Å². The minimum absolute atomic E-state index is 0.423. The Morgan fingerprint density at radius 1 is 0.424 bits per heavy atom. The van der Waals surface area contributed by atoms with E-state index in [0.29, 0.717) is 54.4 Å². The Kier molecular flexibility index (Phi) is 5.73. The number of epoxide rings is 6. The fraction of sp³-hybridized carbons (Fsp3) is 0.778. The molecule has 6 heteroatoms. The van der Waals surface area contributed by atoms with Crippen LogP contribution in [0.1, 0.15) is 73.0 Å². The van der Waals surface area contributed by atoms with Gasteiger partial charge >= 0.3 is 0 Å². The molecule has 0 amide bonds. The molecule has 7 rings (SSSR count). The van der Waals surface area contributed by atoms with Crippen LogP contribution in [-0.4, -0.2) is 76.3 Å². The lowest BCUT2D eigenvalue weighted by Gasteiger charge is -2.25. The van der Waals surface area contributed by atoms with Crippen molar-refractivity contribution in [3.05, 3.63) is 34.9 Å². The third-order valence-electron chi connectivity index (χ3n) is 8.11. The molecule has 6 aliphatic heterocycles. The van der Waals surface area contributed by atoms with Gasteiger partial charge in [-0.3, -0.25) is 0 Å². The summed E-state index contributed by atoms with van der Waals surface area (Å²) in [5.74, 6) is 1.48. The molecule has 33 heavy (non-hydrogen) atoms. The van der Waals surface area contributed by atoms with Crippen molar-refractivity contribution in [2.45, 2.75) is 92.9 Å². The minimum Gasteiger partial charge on any atom is -0.373 e. The molecule has 6 fully saturated rings. The molecule has 180 valence electrons. The van der Waals surface area contributed by atoms with Gasteiger partial charge in [-0.2, -0.15) is 0 Å². The number of hydrogen-bond donors (Lipinski definition) is 0. The van der Waals surface area contributed by atoms with Gasteiger partial charge in [-0.25, -0.2) is 0 Å². The molecule has 6 heterocycles. The van der Waals surface area contributed by atoms with Crippen molar-refractivity contribution in [1.82, 2.24) is 0 Å². The first-order chi connectivity index (χ1) is 16.2. The molecule has 6 nitrogen and oxygen atoms in total. The highest BCUT2D eigenvalue weighted by atomic mass is 16.6. The Bertz CT molecular complexity index is 671. The van der Waals surface area contributed by atoms with Crippen LogP contribution in [0.2, 0.25) is 0 Å². The molecule has 6 aliphatic rings. The lowest BCUT2D eigenvalue weighted by Crippen LogP contribution is -2.13. The fourth-order valence-electron chi connectivity index (χ4n) is 5.64. The molecule has 0 aliphatic carbocycles. The maximum Gasteiger partial charge on any atom is 0.0815 e. The SMILES string of the molecule is c1c(C(CC2CO2)CC2CO2)cc(C(CC2CO2)CC2CO2)cc1C(CC1CO1)CC1CO1. The van der Waals surface area contributed by atoms with Crippen LogP contribution in [0.3, 0.4) is 0 Å². The molecule has 0 bridgehead atoms. The van der Waals surface area contributed by atoms with E-state index < -0.39 is 0 Å².